The van der Waals surface area contributed by atoms with Crippen LogP contribution < -0.4 is 5.32 Å². The third kappa shape index (κ3) is 3.27. The van der Waals surface area contributed by atoms with Gasteiger partial charge in [-0.25, -0.2) is 4.98 Å². The molecule has 0 amide bonds. The van der Waals surface area contributed by atoms with Gasteiger partial charge in [-0.15, -0.1) is 11.3 Å². The van der Waals surface area contributed by atoms with Crippen molar-refractivity contribution in [1.29, 1.82) is 0 Å². The van der Waals surface area contributed by atoms with Crippen molar-refractivity contribution in [3.05, 3.63) is 16.6 Å². The first-order valence-corrected chi connectivity index (χ1v) is 6.97. The van der Waals surface area contributed by atoms with Gasteiger partial charge in [-0.1, -0.05) is 6.92 Å². The summed E-state index contributed by atoms with van der Waals surface area (Å²) < 4.78 is 5.48. The molecule has 2 rings (SSSR count). The molecule has 2 unspecified atom stereocenters. The molecule has 0 radical (unpaired) electrons. The standard InChI is InChI=1S/C12H20N2OS/c1-2-4-13-11(10-3-6-15-9-10)8-12-14-5-7-16-12/h5,7,10-11,13H,2-4,6,8-9H2,1H3. The summed E-state index contributed by atoms with van der Waals surface area (Å²) >= 11 is 1.75. The number of rotatable bonds is 6. The van der Waals surface area contributed by atoms with E-state index in [1.807, 2.05) is 6.20 Å². The summed E-state index contributed by atoms with van der Waals surface area (Å²) in [5.41, 5.74) is 0. The molecule has 0 aliphatic carbocycles. The molecule has 2 heterocycles. The molecule has 1 aliphatic heterocycles. The molecule has 90 valence electrons. The van der Waals surface area contributed by atoms with Gasteiger partial charge in [0.2, 0.25) is 0 Å². The van der Waals surface area contributed by atoms with Gasteiger partial charge in [0.1, 0.15) is 0 Å². The summed E-state index contributed by atoms with van der Waals surface area (Å²) in [6.07, 6.45) is 5.31. The minimum atomic E-state index is 0.536. The normalized spacial score (nSPS) is 22.4. The maximum atomic E-state index is 5.48. The van der Waals surface area contributed by atoms with Gasteiger partial charge in [-0.3, -0.25) is 0 Å². The SMILES string of the molecule is CCCNC(Cc1nccs1)C1CCOC1. The van der Waals surface area contributed by atoms with Gasteiger partial charge in [-0.2, -0.15) is 0 Å². The van der Waals surface area contributed by atoms with Crippen LogP contribution in [0.4, 0.5) is 0 Å². The van der Waals surface area contributed by atoms with Crippen molar-refractivity contribution < 1.29 is 4.74 Å². The number of thiazole rings is 1. The van der Waals surface area contributed by atoms with Crippen LogP contribution in [0.25, 0.3) is 0 Å². The molecule has 1 fully saturated rings. The third-order valence-corrected chi connectivity index (χ3v) is 3.87. The Kier molecular flexibility index (Phi) is 4.75. The number of nitrogens with zero attached hydrogens (tertiary/aromatic N) is 1. The van der Waals surface area contributed by atoms with Crippen LogP contribution in [0.15, 0.2) is 11.6 Å². The van der Waals surface area contributed by atoms with Gasteiger partial charge >= 0.3 is 0 Å². The van der Waals surface area contributed by atoms with E-state index in [1.165, 1.54) is 17.8 Å². The van der Waals surface area contributed by atoms with Gasteiger partial charge in [0.25, 0.3) is 0 Å². The summed E-state index contributed by atoms with van der Waals surface area (Å²) in [4.78, 5) is 4.37. The van der Waals surface area contributed by atoms with Gasteiger partial charge < -0.3 is 10.1 Å². The maximum absolute atomic E-state index is 5.48. The Morgan fingerprint density at radius 3 is 3.25 bits per heavy atom. The zero-order valence-corrected chi connectivity index (χ0v) is 10.6. The monoisotopic (exact) mass is 240 g/mol. The van der Waals surface area contributed by atoms with Crippen molar-refractivity contribution >= 4 is 11.3 Å². The Morgan fingerprint density at radius 2 is 2.62 bits per heavy atom. The topological polar surface area (TPSA) is 34.2 Å². The lowest BCUT2D eigenvalue weighted by Crippen LogP contribution is -2.38. The molecule has 16 heavy (non-hydrogen) atoms. The molecule has 2 atom stereocenters. The fourth-order valence-corrected chi connectivity index (χ4v) is 2.82. The molecule has 0 saturated carbocycles. The highest BCUT2D eigenvalue weighted by Crippen LogP contribution is 2.20. The van der Waals surface area contributed by atoms with E-state index in [4.69, 9.17) is 4.74 Å². The molecule has 0 spiro atoms. The van der Waals surface area contributed by atoms with Gasteiger partial charge in [0.15, 0.2) is 0 Å². The Labute approximate surface area is 101 Å². The lowest BCUT2D eigenvalue weighted by molar-refractivity contribution is 0.176. The van der Waals surface area contributed by atoms with Crippen molar-refractivity contribution in [2.45, 2.75) is 32.2 Å². The van der Waals surface area contributed by atoms with Crippen LogP contribution in [0.2, 0.25) is 0 Å². The summed E-state index contributed by atoms with van der Waals surface area (Å²) in [5, 5.41) is 6.93. The predicted molar refractivity (Wildman–Crippen MR) is 66.8 cm³/mol. The molecule has 1 aromatic rings. The van der Waals surface area contributed by atoms with E-state index in [1.54, 1.807) is 11.3 Å². The minimum absolute atomic E-state index is 0.536. The van der Waals surface area contributed by atoms with E-state index < -0.39 is 0 Å². The predicted octanol–water partition coefficient (Wildman–Crippen LogP) is 2.09. The highest BCUT2D eigenvalue weighted by Gasteiger charge is 2.25. The Hall–Kier alpha value is -0.450. The van der Waals surface area contributed by atoms with E-state index in [9.17, 15) is 0 Å². The smallest absolute Gasteiger partial charge is 0.0940 e. The first-order chi connectivity index (χ1) is 7.90. The quantitative estimate of drug-likeness (QED) is 0.827. The van der Waals surface area contributed by atoms with Gasteiger partial charge in [0.05, 0.1) is 11.6 Å². The van der Waals surface area contributed by atoms with Gasteiger partial charge in [0, 0.05) is 36.6 Å². The maximum Gasteiger partial charge on any atom is 0.0940 e. The van der Waals surface area contributed by atoms with Crippen LogP contribution in [0.1, 0.15) is 24.8 Å². The molecule has 0 bridgehead atoms. The molecule has 1 N–H and O–H groups in total. The summed E-state index contributed by atoms with van der Waals surface area (Å²) in [6.45, 7) is 5.13. The van der Waals surface area contributed by atoms with Crippen LogP contribution in [-0.4, -0.2) is 30.8 Å². The van der Waals surface area contributed by atoms with Crippen molar-refractivity contribution in [1.82, 2.24) is 10.3 Å². The third-order valence-electron chi connectivity index (χ3n) is 3.07. The van der Waals surface area contributed by atoms with E-state index in [-0.39, 0.29) is 0 Å². The fraction of sp³-hybridized carbons (Fsp3) is 0.750. The van der Waals surface area contributed by atoms with Crippen molar-refractivity contribution in [2.75, 3.05) is 19.8 Å². The summed E-state index contributed by atoms with van der Waals surface area (Å²) in [5.74, 6) is 0.662. The van der Waals surface area contributed by atoms with E-state index in [0.717, 1.165) is 26.2 Å². The molecular weight excluding hydrogens is 220 g/mol. The minimum Gasteiger partial charge on any atom is -0.381 e. The Balaban J connectivity index is 1.90. The first kappa shape index (κ1) is 12.0. The summed E-state index contributed by atoms with van der Waals surface area (Å²) in [6, 6.07) is 0.536. The average Bonchev–Trinajstić information content (AvgIpc) is 2.96. The van der Waals surface area contributed by atoms with E-state index >= 15 is 0 Å². The van der Waals surface area contributed by atoms with Crippen molar-refractivity contribution in [3.63, 3.8) is 0 Å². The molecule has 3 nitrogen and oxygen atoms in total. The second-order valence-electron chi connectivity index (χ2n) is 4.31. The van der Waals surface area contributed by atoms with Crippen LogP contribution in [-0.2, 0) is 11.2 Å². The average molecular weight is 240 g/mol. The molecular formula is C12H20N2OS. The number of hydrogen-bond acceptors (Lipinski definition) is 4. The molecule has 1 aromatic heterocycles. The lowest BCUT2D eigenvalue weighted by Gasteiger charge is -2.22. The van der Waals surface area contributed by atoms with Crippen molar-refractivity contribution in [3.8, 4) is 0 Å². The number of nitrogens with one attached hydrogen (secondary N) is 1. The molecule has 4 heteroatoms. The molecule has 1 aliphatic rings. The number of hydrogen-bond donors (Lipinski definition) is 1. The van der Waals surface area contributed by atoms with Crippen molar-refractivity contribution in [2.24, 2.45) is 5.92 Å². The number of ether oxygens (including phenoxy) is 1. The summed E-state index contributed by atoms with van der Waals surface area (Å²) in [7, 11) is 0. The zero-order chi connectivity index (χ0) is 11.2. The largest absolute Gasteiger partial charge is 0.381 e. The Morgan fingerprint density at radius 1 is 1.69 bits per heavy atom. The highest BCUT2D eigenvalue weighted by atomic mass is 32.1. The highest BCUT2D eigenvalue weighted by molar-refractivity contribution is 7.09. The Bertz CT molecular complexity index is 283. The van der Waals surface area contributed by atoms with E-state index in [0.29, 0.717) is 12.0 Å². The van der Waals surface area contributed by atoms with Crippen LogP contribution >= 0.6 is 11.3 Å². The zero-order valence-electron chi connectivity index (χ0n) is 9.82. The number of aromatic nitrogens is 1. The van der Waals surface area contributed by atoms with E-state index in [2.05, 4.69) is 22.6 Å². The molecule has 1 saturated heterocycles. The first-order valence-electron chi connectivity index (χ1n) is 6.09. The van der Waals surface area contributed by atoms with Crippen LogP contribution in [0.3, 0.4) is 0 Å². The van der Waals surface area contributed by atoms with Crippen LogP contribution in [0.5, 0.6) is 0 Å². The fourth-order valence-electron chi connectivity index (χ4n) is 2.15. The van der Waals surface area contributed by atoms with Crippen LogP contribution in [0, 0.1) is 5.92 Å². The lowest BCUT2D eigenvalue weighted by atomic mass is 9.96. The van der Waals surface area contributed by atoms with Gasteiger partial charge in [-0.05, 0) is 19.4 Å². The molecule has 0 aromatic carbocycles. The second kappa shape index (κ2) is 6.33. The second-order valence-corrected chi connectivity index (χ2v) is 5.29.